The number of hydrogen-bond donors (Lipinski definition) is 1. The first-order chi connectivity index (χ1) is 6.36. The molecule has 1 aromatic heterocycles. The highest BCUT2D eigenvalue weighted by molar-refractivity contribution is 5.02. The molecule has 0 amide bonds. The van der Waals surface area contributed by atoms with E-state index in [-0.39, 0.29) is 6.61 Å². The van der Waals surface area contributed by atoms with E-state index >= 15 is 0 Å². The standard InChI is InChI=1S/C9H14N2O2/c1-2-3-13-7-9-10-4-8(6-12)5-11-9/h4-5,12H,2-3,6-7H2,1H3. The van der Waals surface area contributed by atoms with Crippen LogP contribution in [0.1, 0.15) is 24.7 Å². The monoisotopic (exact) mass is 182 g/mol. The number of aliphatic hydroxyl groups is 1. The predicted octanol–water partition coefficient (Wildman–Crippen LogP) is 0.895. The highest BCUT2D eigenvalue weighted by Crippen LogP contribution is 1.97. The lowest BCUT2D eigenvalue weighted by Gasteiger charge is -2.01. The summed E-state index contributed by atoms with van der Waals surface area (Å²) in [7, 11) is 0. The van der Waals surface area contributed by atoms with Gasteiger partial charge in [-0.1, -0.05) is 6.92 Å². The Morgan fingerprint density at radius 1 is 1.38 bits per heavy atom. The summed E-state index contributed by atoms with van der Waals surface area (Å²) in [6.45, 7) is 3.20. The average molecular weight is 182 g/mol. The van der Waals surface area contributed by atoms with E-state index in [2.05, 4.69) is 16.9 Å². The molecule has 0 bridgehead atoms. The molecule has 72 valence electrons. The van der Waals surface area contributed by atoms with Crippen molar-refractivity contribution in [1.29, 1.82) is 0 Å². The van der Waals surface area contributed by atoms with Gasteiger partial charge in [-0.3, -0.25) is 0 Å². The Morgan fingerprint density at radius 2 is 2.08 bits per heavy atom. The van der Waals surface area contributed by atoms with Gasteiger partial charge in [-0.2, -0.15) is 0 Å². The van der Waals surface area contributed by atoms with Gasteiger partial charge in [0.2, 0.25) is 0 Å². The normalized spacial score (nSPS) is 10.3. The molecule has 0 aliphatic rings. The van der Waals surface area contributed by atoms with Gasteiger partial charge >= 0.3 is 0 Å². The molecule has 1 heterocycles. The van der Waals surface area contributed by atoms with E-state index < -0.39 is 0 Å². The number of nitrogens with zero attached hydrogens (tertiary/aromatic N) is 2. The van der Waals surface area contributed by atoms with Gasteiger partial charge in [-0.15, -0.1) is 0 Å². The van der Waals surface area contributed by atoms with Crippen molar-refractivity contribution in [3.63, 3.8) is 0 Å². The van der Waals surface area contributed by atoms with Gasteiger partial charge in [0.05, 0.1) is 6.61 Å². The van der Waals surface area contributed by atoms with Crippen LogP contribution in [0, 0.1) is 0 Å². The fourth-order valence-corrected chi connectivity index (χ4v) is 0.845. The smallest absolute Gasteiger partial charge is 0.153 e. The largest absolute Gasteiger partial charge is 0.392 e. The summed E-state index contributed by atoms with van der Waals surface area (Å²) in [5.74, 6) is 0.658. The fourth-order valence-electron chi connectivity index (χ4n) is 0.845. The van der Waals surface area contributed by atoms with Crippen LogP contribution in [0.25, 0.3) is 0 Å². The van der Waals surface area contributed by atoms with Crippen molar-refractivity contribution >= 4 is 0 Å². The molecular formula is C9H14N2O2. The Bertz CT molecular complexity index is 236. The first kappa shape index (κ1) is 10.1. The zero-order valence-corrected chi connectivity index (χ0v) is 7.73. The number of aromatic nitrogens is 2. The van der Waals surface area contributed by atoms with Gasteiger partial charge in [0.15, 0.2) is 5.82 Å². The SMILES string of the molecule is CCCOCc1ncc(CO)cn1. The van der Waals surface area contributed by atoms with Gasteiger partial charge in [-0.25, -0.2) is 9.97 Å². The van der Waals surface area contributed by atoms with Crippen LogP contribution in [0.4, 0.5) is 0 Å². The van der Waals surface area contributed by atoms with Gasteiger partial charge < -0.3 is 9.84 Å². The highest BCUT2D eigenvalue weighted by Gasteiger charge is 1.96. The van der Waals surface area contributed by atoms with Gasteiger partial charge in [0, 0.05) is 24.6 Å². The summed E-state index contributed by atoms with van der Waals surface area (Å²) in [6, 6.07) is 0. The Hall–Kier alpha value is -1.00. The van der Waals surface area contributed by atoms with Crippen molar-refractivity contribution in [2.45, 2.75) is 26.6 Å². The van der Waals surface area contributed by atoms with Crippen molar-refractivity contribution in [3.05, 3.63) is 23.8 Å². The van der Waals surface area contributed by atoms with Crippen LogP contribution in [-0.4, -0.2) is 21.7 Å². The zero-order valence-electron chi connectivity index (χ0n) is 7.73. The molecule has 4 nitrogen and oxygen atoms in total. The van der Waals surface area contributed by atoms with Crippen LogP contribution < -0.4 is 0 Å². The lowest BCUT2D eigenvalue weighted by Crippen LogP contribution is -2.00. The van der Waals surface area contributed by atoms with Crippen molar-refractivity contribution in [1.82, 2.24) is 9.97 Å². The highest BCUT2D eigenvalue weighted by atomic mass is 16.5. The van der Waals surface area contributed by atoms with E-state index in [1.165, 1.54) is 0 Å². The summed E-state index contributed by atoms with van der Waals surface area (Å²) in [6.07, 6.45) is 4.21. The summed E-state index contributed by atoms with van der Waals surface area (Å²) < 4.78 is 5.25. The minimum atomic E-state index is -0.0178. The molecule has 1 N–H and O–H groups in total. The molecule has 0 saturated carbocycles. The zero-order chi connectivity index (χ0) is 9.52. The van der Waals surface area contributed by atoms with E-state index in [0.717, 1.165) is 18.6 Å². The second kappa shape index (κ2) is 5.61. The molecule has 0 radical (unpaired) electrons. The van der Waals surface area contributed by atoms with Crippen LogP contribution in [-0.2, 0) is 18.0 Å². The van der Waals surface area contributed by atoms with Crippen LogP contribution >= 0.6 is 0 Å². The number of rotatable bonds is 5. The second-order valence-corrected chi connectivity index (χ2v) is 2.72. The van der Waals surface area contributed by atoms with Crippen molar-refractivity contribution in [2.75, 3.05) is 6.61 Å². The minimum Gasteiger partial charge on any atom is -0.392 e. The Kier molecular flexibility index (Phi) is 4.35. The average Bonchev–Trinajstić information content (AvgIpc) is 2.19. The lowest BCUT2D eigenvalue weighted by atomic mass is 10.4. The molecule has 0 fully saturated rings. The number of ether oxygens (including phenoxy) is 1. The Balaban J connectivity index is 2.40. The topological polar surface area (TPSA) is 55.2 Å². The van der Waals surface area contributed by atoms with Gasteiger partial charge in [0.1, 0.15) is 6.61 Å². The number of aliphatic hydroxyl groups excluding tert-OH is 1. The lowest BCUT2D eigenvalue weighted by molar-refractivity contribution is 0.116. The molecular weight excluding hydrogens is 168 g/mol. The molecule has 0 aliphatic carbocycles. The summed E-state index contributed by atoms with van der Waals surface area (Å²) in [5, 5.41) is 8.73. The summed E-state index contributed by atoms with van der Waals surface area (Å²) in [5.41, 5.74) is 0.722. The van der Waals surface area contributed by atoms with E-state index in [1.54, 1.807) is 12.4 Å². The van der Waals surface area contributed by atoms with Crippen LogP contribution in [0.5, 0.6) is 0 Å². The third kappa shape index (κ3) is 3.48. The van der Waals surface area contributed by atoms with Crippen molar-refractivity contribution < 1.29 is 9.84 Å². The molecule has 13 heavy (non-hydrogen) atoms. The molecule has 4 heteroatoms. The fraction of sp³-hybridized carbons (Fsp3) is 0.556. The maximum absolute atomic E-state index is 8.73. The van der Waals surface area contributed by atoms with Crippen LogP contribution in [0.15, 0.2) is 12.4 Å². The van der Waals surface area contributed by atoms with E-state index in [9.17, 15) is 0 Å². The molecule has 0 aliphatic heterocycles. The van der Waals surface area contributed by atoms with Crippen LogP contribution in [0.3, 0.4) is 0 Å². The molecule has 0 saturated heterocycles. The second-order valence-electron chi connectivity index (χ2n) is 2.72. The number of hydrogen-bond acceptors (Lipinski definition) is 4. The van der Waals surface area contributed by atoms with Crippen molar-refractivity contribution in [3.8, 4) is 0 Å². The Labute approximate surface area is 77.6 Å². The minimum absolute atomic E-state index is 0.0178. The molecule has 1 rings (SSSR count). The van der Waals surface area contributed by atoms with E-state index in [4.69, 9.17) is 9.84 Å². The maximum Gasteiger partial charge on any atom is 0.153 e. The third-order valence-corrected chi connectivity index (χ3v) is 1.52. The predicted molar refractivity (Wildman–Crippen MR) is 47.9 cm³/mol. The molecule has 0 unspecified atom stereocenters. The summed E-state index contributed by atoms with van der Waals surface area (Å²) >= 11 is 0. The third-order valence-electron chi connectivity index (χ3n) is 1.52. The first-order valence-corrected chi connectivity index (χ1v) is 4.35. The molecule has 0 spiro atoms. The Morgan fingerprint density at radius 3 is 2.62 bits per heavy atom. The maximum atomic E-state index is 8.73. The molecule has 1 aromatic rings. The van der Waals surface area contributed by atoms with Gasteiger partial charge in [-0.05, 0) is 6.42 Å². The van der Waals surface area contributed by atoms with Crippen molar-refractivity contribution in [2.24, 2.45) is 0 Å². The molecule has 0 atom stereocenters. The first-order valence-electron chi connectivity index (χ1n) is 4.35. The van der Waals surface area contributed by atoms with E-state index in [1.807, 2.05) is 0 Å². The summed E-state index contributed by atoms with van der Waals surface area (Å²) in [4.78, 5) is 8.05. The quantitative estimate of drug-likeness (QED) is 0.687. The van der Waals surface area contributed by atoms with Crippen LogP contribution in [0.2, 0.25) is 0 Å². The van der Waals surface area contributed by atoms with E-state index in [0.29, 0.717) is 12.4 Å². The van der Waals surface area contributed by atoms with Gasteiger partial charge in [0.25, 0.3) is 0 Å². The molecule has 0 aromatic carbocycles.